The molecule has 0 rings (SSSR count). The smallest absolute Gasteiger partial charge is 0.0431 e. The molecular formula is C10H23NOS. The molecule has 0 aliphatic carbocycles. The maximum absolute atomic E-state index is 8.73. The van der Waals surface area contributed by atoms with Crippen molar-refractivity contribution in [3.05, 3.63) is 0 Å². The Morgan fingerprint density at radius 2 is 1.92 bits per heavy atom. The van der Waals surface area contributed by atoms with Crippen molar-refractivity contribution in [1.29, 1.82) is 0 Å². The Hall–Kier alpha value is 0.270. The molecule has 2 N–H and O–H groups in total. The van der Waals surface area contributed by atoms with E-state index < -0.39 is 0 Å². The van der Waals surface area contributed by atoms with E-state index in [2.05, 4.69) is 38.7 Å². The van der Waals surface area contributed by atoms with Crippen LogP contribution < -0.4 is 5.32 Å². The summed E-state index contributed by atoms with van der Waals surface area (Å²) in [5.41, 5.74) is 0.156. The van der Waals surface area contributed by atoms with E-state index in [0.717, 1.165) is 25.0 Å². The molecular weight excluding hydrogens is 182 g/mol. The van der Waals surface area contributed by atoms with Gasteiger partial charge in [0, 0.05) is 18.2 Å². The Morgan fingerprint density at radius 1 is 1.31 bits per heavy atom. The van der Waals surface area contributed by atoms with Gasteiger partial charge in [-0.1, -0.05) is 0 Å². The highest BCUT2D eigenvalue weighted by Gasteiger charge is 2.15. The predicted molar refractivity (Wildman–Crippen MR) is 61.5 cm³/mol. The fourth-order valence-corrected chi connectivity index (χ4v) is 1.71. The molecule has 0 aromatic heterocycles. The summed E-state index contributed by atoms with van der Waals surface area (Å²) in [5.74, 6) is 0.902. The van der Waals surface area contributed by atoms with Crippen molar-refractivity contribution in [1.82, 2.24) is 5.32 Å². The zero-order valence-electron chi connectivity index (χ0n) is 9.01. The van der Waals surface area contributed by atoms with Crippen molar-refractivity contribution >= 4 is 12.6 Å². The molecule has 0 amide bonds. The lowest BCUT2D eigenvalue weighted by atomic mass is 10.0. The maximum atomic E-state index is 8.73. The summed E-state index contributed by atoms with van der Waals surface area (Å²) in [6, 6.07) is 0.490. The van der Waals surface area contributed by atoms with Gasteiger partial charge in [0.05, 0.1) is 0 Å². The minimum atomic E-state index is 0.156. The molecule has 13 heavy (non-hydrogen) atoms. The number of aliphatic hydroxyl groups is 1. The normalized spacial score (nSPS) is 14.5. The molecule has 3 heteroatoms. The minimum Gasteiger partial charge on any atom is -0.396 e. The number of hydrogen-bond acceptors (Lipinski definition) is 3. The third kappa shape index (κ3) is 8.60. The Bertz CT molecular complexity index is 123. The Morgan fingerprint density at radius 3 is 2.31 bits per heavy atom. The first kappa shape index (κ1) is 13.3. The average molecular weight is 205 g/mol. The van der Waals surface area contributed by atoms with Crippen molar-refractivity contribution in [3.63, 3.8) is 0 Å². The molecule has 0 fully saturated rings. The molecule has 0 aromatic carbocycles. The zero-order chi connectivity index (χ0) is 10.3. The van der Waals surface area contributed by atoms with E-state index in [1.54, 1.807) is 0 Å². The fourth-order valence-electron chi connectivity index (χ4n) is 1.39. The lowest BCUT2D eigenvalue weighted by molar-refractivity contribution is 0.262. The van der Waals surface area contributed by atoms with Gasteiger partial charge in [-0.05, 0) is 45.8 Å². The molecule has 0 saturated heterocycles. The Kier molecular flexibility index (Phi) is 6.82. The highest BCUT2D eigenvalue weighted by Crippen LogP contribution is 2.09. The first-order chi connectivity index (χ1) is 5.99. The summed E-state index contributed by atoms with van der Waals surface area (Å²) in [6.45, 7) is 6.78. The summed E-state index contributed by atoms with van der Waals surface area (Å²) in [7, 11) is 0. The number of nitrogens with one attached hydrogen (secondary N) is 1. The maximum Gasteiger partial charge on any atom is 0.0431 e. The van der Waals surface area contributed by atoms with Crippen LogP contribution in [0.1, 0.15) is 40.0 Å². The van der Waals surface area contributed by atoms with Crippen LogP contribution in [0.5, 0.6) is 0 Å². The summed E-state index contributed by atoms with van der Waals surface area (Å²) in [5, 5.41) is 12.3. The van der Waals surface area contributed by atoms with Gasteiger partial charge < -0.3 is 10.4 Å². The lowest BCUT2D eigenvalue weighted by Gasteiger charge is -2.28. The van der Waals surface area contributed by atoms with Crippen molar-refractivity contribution < 1.29 is 5.11 Å². The standard InChI is InChI=1S/C10H23NOS/c1-10(2,3)11-9(6-8-13)5-4-7-12/h9,11-13H,4-8H2,1-3H3. The van der Waals surface area contributed by atoms with Crippen molar-refractivity contribution in [2.24, 2.45) is 0 Å². The molecule has 1 atom stereocenters. The molecule has 0 spiro atoms. The summed E-state index contributed by atoms with van der Waals surface area (Å²) >= 11 is 4.23. The van der Waals surface area contributed by atoms with Gasteiger partial charge in [0.1, 0.15) is 0 Å². The second-order valence-electron chi connectivity index (χ2n) is 4.47. The molecule has 0 heterocycles. The number of thiol groups is 1. The van der Waals surface area contributed by atoms with Gasteiger partial charge in [0.2, 0.25) is 0 Å². The molecule has 0 bridgehead atoms. The molecule has 0 radical (unpaired) electrons. The predicted octanol–water partition coefficient (Wildman–Crippen LogP) is 1.84. The lowest BCUT2D eigenvalue weighted by Crippen LogP contribution is -2.43. The summed E-state index contributed by atoms with van der Waals surface area (Å²) in [6.07, 6.45) is 2.98. The molecule has 0 saturated carbocycles. The van der Waals surface area contributed by atoms with E-state index in [1.807, 2.05) is 0 Å². The highest BCUT2D eigenvalue weighted by atomic mass is 32.1. The zero-order valence-corrected chi connectivity index (χ0v) is 9.90. The van der Waals surface area contributed by atoms with Crippen molar-refractivity contribution in [2.45, 2.75) is 51.6 Å². The van der Waals surface area contributed by atoms with Gasteiger partial charge in [0.15, 0.2) is 0 Å². The SMILES string of the molecule is CC(C)(C)NC(CCS)CCCO. The number of aliphatic hydroxyl groups excluding tert-OH is 1. The third-order valence-corrected chi connectivity index (χ3v) is 2.08. The number of rotatable bonds is 6. The van der Waals surface area contributed by atoms with Crippen molar-refractivity contribution in [3.8, 4) is 0 Å². The van der Waals surface area contributed by atoms with E-state index >= 15 is 0 Å². The van der Waals surface area contributed by atoms with Crippen molar-refractivity contribution in [2.75, 3.05) is 12.4 Å². The quantitative estimate of drug-likeness (QED) is 0.578. The molecule has 80 valence electrons. The first-order valence-corrected chi connectivity index (χ1v) is 5.62. The van der Waals surface area contributed by atoms with Gasteiger partial charge in [0.25, 0.3) is 0 Å². The Balaban J connectivity index is 3.79. The second kappa shape index (κ2) is 6.68. The minimum absolute atomic E-state index is 0.156. The Labute approximate surface area is 87.5 Å². The first-order valence-electron chi connectivity index (χ1n) is 4.99. The van der Waals surface area contributed by atoms with Crippen LogP contribution in [0.4, 0.5) is 0 Å². The van der Waals surface area contributed by atoms with E-state index in [9.17, 15) is 0 Å². The largest absolute Gasteiger partial charge is 0.396 e. The van der Waals surface area contributed by atoms with Gasteiger partial charge in [-0.15, -0.1) is 0 Å². The van der Waals surface area contributed by atoms with Crippen LogP contribution in [0, 0.1) is 0 Å². The number of hydrogen-bond donors (Lipinski definition) is 3. The van der Waals surface area contributed by atoms with Crippen LogP contribution in [0.15, 0.2) is 0 Å². The van der Waals surface area contributed by atoms with Crippen LogP contribution in [0.2, 0.25) is 0 Å². The van der Waals surface area contributed by atoms with Crippen LogP contribution in [0.3, 0.4) is 0 Å². The summed E-state index contributed by atoms with van der Waals surface area (Å²) in [4.78, 5) is 0. The van der Waals surface area contributed by atoms with E-state index in [4.69, 9.17) is 5.11 Å². The van der Waals surface area contributed by atoms with Crippen LogP contribution >= 0.6 is 12.6 Å². The molecule has 0 aliphatic rings. The van der Waals surface area contributed by atoms with Gasteiger partial charge >= 0.3 is 0 Å². The molecule has 0 aliphatic heterocycles. The van der Waals surface area contributed by atoms with E-state index in [0.29, 0.717) is 6.04 Å². The fraction of sp³-hybridized carbons (Fsp3) is 1.00. The van der Waals surface area contributed by atoms with Crippen LogP contribution in [-0.4, -0.2) is 29.0 Å². The second-order valence-corrected chi connectivity index (χ2v) is 4.92. The summed E-state index contributed by atoms with van der Waals surface area (Å²) < 4.78 is 0. The van der Waals surface area contributed by atoms with E-state index in [-0.39, 0.29) is 12.1 Å². The van der Waals surface area contributed by atoms with E-state index in [1.165, 1.54) is 0 Å². The van der Waals surface area contributed by atoms with Crippen LogP contribution in [0.25, 0.3) is 0 Å². The third-order valence-electron chi connectivity index (χ3n) is 1.83. The molecule has 1 unspecified atom stereocenters. The highest BCUT2D eigenvalue weighted by molar-refractivity contribution is 7.80. The molecule has 0 aromatic rings. The molecule has 2 nitrogen and oxygen atoms in total. The van der Waals surface area contributed by atoms with Crippen LogP contribution in [-0.2, 0) is 0 Å². The average Bonchev–Trinajstić information content (AvgIpc) is 1.98. The topological polar surface area (TPSA) is 32.3 Å². The van der Waals surface area contributed by atoms with Gasteiger partial charge in [-0.2, -0.15) is 12.6 Å². The monoisotopic (exact) mass is 205 g/mol. The van der Waals surface area contributed by atoms with Gasteiger partial charge in [-0.3, -0.25) is 0 Å². The van der Waals surface area contributed by atoms with Gasteiger partial charge in [-0.25, -0.2) is 0 Å².